The number of hydrogen-bond donors (Lipinski definition) is 9. The van der Waals surface area contributed by atoms with Crippen LogP contribution in [0.5, 0.6) is 0 Å². The van der Waals surface area contributed by atoms with Crippen LogP contribution in [0.2, 0.25) is 0 Å². The van der Waals surface area contributed by atoms with Gasteiger partial charge in [0.15, 0.2) is 5.96 Å². The Bertz CT molecular complexity index is 724. The summed E-state index contributed by atoms with van der Waals surface area (Å²) < 4.78 is 0. The quantitative estimate of drug-likeness (QED) is 0.0629. The topological polar surface area (TPSA) is 255 Å². The molecule has 12 N–H and O–H groups in total. The van der Waals surface area contributed by atoms with Crippen LogP contribution in [0.25, 0.3) is 0 Å². The van der Waals surface area contributed by atoms with Crippen molar-refractivity contribution in [1.29, 1.82) is 0 Å². The Morgan fingerprint density at radius 3 is 1.74 bits per heavy atom. The Hall–Kier alpha value is -2.97. The molecule has 0 aromatic heterocycles. The zero-order valence-electron chi connectivity index (χ0n) is 20.0. The molecule has 14 nitrogen and oxygen atoms in total. The number of nitrogens with two attached hydrogens (primary N) is 3. The number of nitrogens with zero attached hydrogens (tertiary/aromatic N) is 1. The van der Waals surface area contributed by atoms with Crippen molar-refractivity contribution in [3.8, 4) is 0 Å². The number of aliphatic hydroxyl groups excluding tert-OH is 2. The third-order valence-electron chi connectivity index (χ3n) is 4.75. The van der Waals surface area contributed by atoms with Crippen molar-refractivity contribution in [3.05, 3.63) is 0 Å². The normalized spacial score (nSPS) is 16.4. The van der Waals surface area contributed by atoms with E-state index < -0.39 is 60.1 Å². The van der Waals surface area contributed by atoms with Gasteiger partial charge < -0.3 is 48.5 Å². The summed E-state index contributed by atoms with van der Waals surface area (Å²) in [6, 6.07) is -5.27. The lowest BCUT2D eigenvalue weighted by Crippen LogP contribution is -2.61. The number of nitrogens with one attached hydrogen (secondary N) is 3. The molecule has 0 radical (unpaired) electrons. The number of rotatable bonds is 15. The first-order valence-corrected chi connectivity index (χ1v) is 11.0. The van der Waals surface area contributed by atoms with Gasteiger partial charge in [-0.3, -0.25) is 19.4 Å². The zero-order chi connectivity index (χ0) is 26.6. The maximum Gasteiger partial charge on any atom is 0.326 e. The molecule has 0 heterocycles. The Kier molecular flexibility index (Phi) is 13.7. The first-order chi connectivity index (χ1) is 15.7. The molecule has 0 saturated heterocycles. The van der Waals surface area contributed by atoms with Gasteiger partial charge in [-0.25, -0.2) is 4.79 Å². The van der Waals surface area contributed by atoms with E-state index in [1.54, 1.807) is 0 Å². The van der Waals surface area contributed by atoms with Crippen LogP contribution in [0.4, 0.5) is 0 Å². The Morgan fingerprint density at radius 1 is 0.853 bits per heavy atom. The average molecular weight is 490 g/mol. The molecule has 0 fully saturated rings. The summed E-state index contributed by atoms with van der Waals surface area (Å²) in [5, 5.41) is 36.2. The number of carboxylic acids is 1. The van der Waals surface area contributed by atoms with Crippen molar-refractivity contribution in [2.75, 3.05) is 6.54 Å². The molecular weight excluding hydrogens is 450 g/mol. The molecule has 34 heavy (non-hydrogen) atoms. The van der Waals surface area contributed by atoms with Gasteiger partial charge in [-0.2, -0.15) is 0 Å². The lowest BCUT2D eigenvalue weighted by molar-refractivity contribution is -0.143. The molecule has 6 atom stereocenters. The summed E-state index contributed by atoms with van der Waals surface area (Å²) in [5.41, 5.74) is 16.2. The fraction of sp³-hybridized carbons (Fsp3) is 0.750. The van der Waals surface area contributed by atoms with E-state index in [2.05, 4.69) is 20.9 Å². The van der Waals surface area contributed by atoms with E-state index in [4.69, 9.17) is 17.2 Å². The smallest absolute Gasteiger partial charge is 0.326 e. The van der Waals surface area contributed by atoms with Crippen LogP contribution in [0.15, 0.2) is 4.99 Å². The summed E-state index contributed by atoms with van der Waals surface area (Å²) in [5.74, 6) is -3.96. The van der Waals surface area contributed by atoms with Crippen molar-refractivity contribution in [2.24, 2.45) is 28.1 Å². The third kappa shape index (κ3) is 11.8. The second kappa shape index (κ2) is 15.0. The number of guanidine groups is 1. The van der Waals surface area contributed by atoms with Crippen LogP contribution in [-0.4, -0.2) is 87.9 Å². The highest BCUT2D eigenvalue weighted by atomic mass is 16.4. The van der Waals surface area contributed by atoms with Gasteiger partial charge in [0.05, 0.1) is 18.2 Å². The summed E-state index contributed by atoms with van der Waals surface area (Å²) >= 11 is 0. The van der Waals surface area contributed by atoms with Gasteiger partial charge in [-0.1, -0.05) is 13.8 Å². The largest absolute Gasteiger partial charge is 0.480 e. The van der Waals surface area contributed by atoms with E-state index in [9.17, 15) is 34.5 Å². The second-order valence-corrected chi connectivity index (χ2v) is 8.54. The number of amides is 3. The molecule has 196 valence electrons. The van der Waals surface area contributed by atoms with Crippen LogP contribution in [-0.2, 0) is 19.2 Å². The van der Waals surface area contributed by atoms with Crippen LogP contribution in [0, 0.1) is 5.92 Å². The fourth-order valence-electron chi connectivity index (χ4n) is 2.95. The highest BCUT2D eigenvalue weighted by molar-refractivity contribution is 5.94. The first-order valence-electron chi connectivity index (χ1n) is 11.0. The first kappa shape index (κ1) is 31.0. The summed E-state index contributed by atoms with van der Waals surface area (Å²) in [6.45, 7) is 6.35. The fourth-order valence-corrected chi connectivity index (χ4v) is 2.95. The van der Waals surface area contributed by atoms with Crippen LogP contribution >= 0.6 is 0 Å². The predicted octanol–water partition coefficient (Wildman–Crippen LogP) is -3.29. The van der Waals surface area contributed by atoms with Crippen molar-refractivity contribution in [2.45, 2.75) is 83.3 Å². The molecular formula is C20H39N7O7. The molecule has 0 aliphatic rings. The lowest BCUT2D eigenvalue weighted by atomic mass is 10.0. The van der Waals surface area contributed by atoms with Crippen LogP contribution < -0.4 is 33.2 Å². The molecule has 0 aromatic carbocycles. The lowest BCUT2D eigenvalue weighted by Gasteiger charge is -2.27. The predicted molar refractivity (Wildman–Crippen MR) is 124 cm³/mol. The molecule has 3 amide bonds. The second-order valence-electron chi connectivity index (χ2n) is 8.54. The average Bonchev–Trinajstić information content (AvgIpc) is 2.70. The van der Waals surface area contributed by atoms with E-state index in [0.717, 1.165) is 0 Å². The van der Waals surface area contributed by atoms with E-state index >= 15 is 0 Å². The monoisotopic (exact) mass is 489 g/mol. The minimum atomic E-state index is -1.56. The van der Waals surface area contributed by atoms with Crippen LogP contribution in [0.1, 0.15) is 47.0 Å². The van der Waals surface area contributed by atoms with Gasteiger partial charge in [0.2, 0.25) is 17.7 Å². The number of hydrogen-bond acceptors (Lipinski definition) is 8. The van der Waals surface area contributed by atoms with Gasteiger partial charge in [0.1, 0.15) is 18.1 Å². The Morgan fingerprint density at radius 2 is 1.32 bits per heavy atom. The number of carbonyl (C=O) groups is 4. The van der Waals surface area contributed by atoms with Crippen molar-refractivity contribution in [1.82, 2.24) is 16.0 Å². The molecule has 0 rings (SSSR count). The summed E-state index contributed by atoms with van der Waals surface area (Å²) in [6.07, 6.45) is -2.20. The van der Waals surface area contributed by atoms with Gasteiger partial charge in [0.25, 0.3) is 0 Å². The van der Waals surface area contributed by atoms with E-state index in [0.29, 0.717) is 6.42 Å². The molecule has 6 unspecified atom stereocenters. The summed E-state index contributed by atoms with van der Waals surface area (Å²) in [7, 11) is 0. The summed E-state index contributed by atoms with van der Waals surface area (Å²) in [4.78, 5) is 52.9. The Labute approximate surface area is 198 Å². The maximum absolute atomic E-state index is 12.7. The minimum absolute atomic E-state index is 0.0155. The van der Waals surface area contributed by atoms with Crippen LogP contribution in [0.3, 0.4) is 0 Å². The number of carboxylic acid groups (broad SMARTS) is 1. The number of aliphatic imine (C=N–C) groups is 1. The highest BCUT2D eigenvalue weighted by Gasteiger charge is 2.34. The highest BCUT2D eigenvalue weighted by Crippen LogP contribution is 2.05. The number of carbonyl (C=O) groups excluding carboxylic acids is 3. The molecule has 0 aliphatic carbocycles. The minimum Gasteiger partial charge on any atom is -0.480 e. The third-order valence-corrected chi connectivity index (χ3v) is 4.75. The number of aliphatic hydroxyl groups is 2. The van der Waals surface area contributed by atoms with Gasteiger partial charge >= 0.3 is 5.97 Å². The molecule has 0 bridgehead atoms. The van der Waals surface area contributed by atoms with E-state index in [1.165, 1.54) is 13.8 Å². The van der Waals surface area contributed by atoms with Crippen molar-refractivity contribution in [3.63, 3.8) is 0 Å². The molecule has 0 aromatic rings. The van der Waals surface area contributed by atoms with Gasteiger partial charge in [-0.15, -0.1) is 0 Å². The number of aliphatic carboxylic acids is 1. The standard InChI is InChI=1S/C20H39N7O7/c1-9(2)8-12(21)16(30)26-15(11(4)29)18(32)27-14(10(3)28)17(31)25-13(19(33)34)6-5-7-24-20(22)23/h9-15,28-29H,5-8,21H2,1-4H3,(H,25,31)(H,26,30)(H,27,32)(H,33,34)(H4,22,23,24). The maximum atomic E-state index is 12.7. The van der Waals surface area contributed by atoms with Crippen molar-refractivity contribution < 1.29 is 34.5 Å². The van der Waals surface area contributed by atoms with E-state index in [1.807, 2.05) is 13.8 Å². The van der Waals surface area contributed by atoms with E-state index in [-0.39, 0.29) is 31.3 Å². The molecule has 0 saturated carbocycles. The molecule has 0 spiro atoms. The zero-order valence-corrected chi connectivity index (χ0v) is 20.0. The SMILES string of the molecule is CC(C)CC(N)C(=O)NC(C(=O)NC(C(=O)NC(CCCN=C(N)N)C(=O)O)C(C)O)C(C)O. The molecule has 14 heteroatoms. The van der Waals surface area contributed by atoms with Gasteiger partial charge in [0, 0.05) is 6.54 Å². The van der Waals surface area contributed by atoms with Gasteiger partial charge in [-0.05, 0) is 39.0 Å². The molecule has 0 aliphatic heterocycles. The Balaban J connectivity index is 5.29. The van der Waals surface area contributed by atoms with Crippen molar-refractivity contribution >= 4 is 29.7 Å².